The van der Waals surface area contributed by atoms with Gasteiger partial charge in [0.05, 0.1) is 12.7 Å². The molecule has 80 valence electrons. The van der Waals surface area contributed by atoms with E-state index in [2.05, 4.69) is 0 Å². The van der Waals surface area contributed by atoms with Crippen molar-refractivity contribution in [2.45, 2.75) is 44.2 Å². The molecule has 0 aliphatic carbocycles. The van der Waals surface area contributed by atoms with Gasteiger partial charge in [0.1, 0.15) is 17.3 Å². The predicted octanol–water partition coefficient (Wildman–Crippen LogP) is -1.78. The molecule has 0 fully saturated rings. The third-order valence-electron chi connectivity index (χ3n) is 2.43. The molecule has 0 unspecified atom stereocenters. The molecule has 0 spiro atoms. The maximum atomic E-state index is 9.66. The van der Waals surface area contributed by atoms with E-state index in [1.165, 1.54) is 13.8 Å². The van der Waals surface area contributed by atoms with Crippen LogP contribution >= 0.6 is 0 Å². The molecule has 0 aromatic heterocycles. The van der Waals surface area contributed by atoms with Gasteiger partial charge in [0, 0.05) is 0 Å². The minimum absolute atomic E-state index is 0.705. The molecule has 0 amide bonds. The van der Waals surface area contributed by atoms with E-state index >= 15 is 0 Å². The van der Waals surface area contributed by atoms with Gasteiger partial charge in [-0.05, 0) is 20.8 Å². The number of aliphatic hydroxyl groups excluding tert-OH is 3. The van der Waals surface area contributed by atoms with Crippen LogP contribution in [0, 0.1) is 0 Å². The van der Waals surface area contributed by atoms with Crippen LogP contribution in [0.25, 0.3) is 0 Å². The summed E-state index contributed by atoms with van der Waals surface area (Å²) < 4.78 is 0. The molecule has 13 heavy (non-hydrogen) atoms. The highest BCUT2D eigenvalue weighted by Crippen LogP contribution is 2.26. The molecule has 0 aliphatic heterocycles. The maximum Gasteiger partial charge on any atom is 0.121 e. The van der Waals surface area contributed by atoms with Crippen molar-refractivity contribution in [3.8, 4) is 0 Å². The molecule has 0 saturated heterocycles. The summed E-state index contributed by atoms with van der Waals surface area (Å²) >= 11 is 0. The predicted molar refractivity (Wildman–Crippen MR) is 46.0 cm³/mol. The van der Waals surface area contributed by atoms with Gasteiger partial charge in [0.15, 0.2) is 0 Å². The van der Waals surface area contributed by atoms with E-state index in [1.54, 1.807) is 0 Å². The van der Waals surface area contributed by atoms with Gasteiger partial charge in [0.2, 0.25) is 0 Å². The summed E-state index contributed by atoms with van der Waals surface area (Å²) in [5, 5.41) is 46.3. The Kier molecular flexibility index (Phi) is 3.83. The van der Waals surface area contributed by atoms with Crippen molar-refractivity contribution in [2.24, 2.45) is 0 Å². The van der Waals surface area contributed by atoms with Crippen LogP contribution in [0.15, 0.2) is 0 Å². The normalized spacial score (nSPS) is 25.8. The third kappa shape index (κ3) is 2.38. The van der Waals surface area contributed by atoms with Gasteiger partial charge >= 0.3 is 0 Å². The molecule has 0 bridgehead atoms. The molecule has 4 atom stereocenters. The lowest BCUT2D eigenvalue weighted by atomic mass is 9.80. The average molecular weight is 194 g/mol. The summed E-state index contributed by atoms with van der Waals surface area (Å²) in [5.74, 6) is 0. The number of aliphatic hydroxyl groups is 5. The summed E-state index contributed by atoms with van der Waals surface area (Å²) in [4.78, 5) is 0. The first-order chi connectivity index (χ1) is 5.66. The minimum Gasteiger partial charge on any atom is -0.393 e. The quantitative estimate of drug-likeness (QED) is 0.364. The lowest BCUT2D eigenvalue weighted by Crippen LogP contribution is -2.62. The van der Waals surface area contributed by atoms with Gasteiger partial charge in [0.25, 0.3) is 0 Å². The van der Waals surface area contributed by atoms with Crippen LogP contribution in [0.5, 0.6) is 0 Å². The van der Waals surface area contributed by atoms with E-state index in [0.717, 1.165) is 6.92 Å². The standard InChI is InChI=1S/C8H18O5/c1-5(10)6(11)8(3,13)7(2,12)4-9/h5-6,9-13H,4H2,1-3H3/t5-,6-,7-,8+/m0/s1. The Hall–Kier alpha value is -0.200. The van der Waals surface area contributed by atoms with Crippen LogP contribution in [-0.2, 0) is 0 Å². The van der Waals surface area contributed by atoms with Crippen LogP contribution in [0.2, 0.25) is 0 Å². The van der Waals surface area contributed by atoms with E-state index in [-0.39, 0.29) is 0 Å². The van der Waals surface area contributed by atoms with Gasteiger partial charge in [-0.1, -0.05) is 0 Å². The fourth-order valence-corrected chi connectivity index (χ4v) is 0.948. The van der Waals surface area contributed by atoms with E-state index < -0.39 is 30.0 Å². The fraction of sp³-hybridized carbons (Fsp3) is 1.00. The van der Waals surface area contributed by atoms with E-state index in [9.17, 15) is 15.3 Å². The summed E-state index contributed by atoms with van der Waals surface area (Å²) in [6, 6.07) is 0. The highest BCUT2D eigenvalue weighted by Gasteiger charge is 2.48. The monoisotopic (exact) mass is 194 g/mol. The molecule has 0 rings (SSSR count). The van der Waals surface area contributed by atoms with Gasteiger partial charge in [-0.3, -0.25) is 0 Å². The van der Waals surface area contributed by atoms with E-state index in [1.807, 2.05) is 0 Å². The van der Waals surface area contributed by atoms with Crippen LogP contribution in [0.1, 0.15) is 20.8 Å². The topological polar surface area (TPSA) is 101 Å². The Labute approximate surface area is 77.3 Å². The Morgan fingerprint density at radius 2 is 1.54 bits per heavy atom. The van der Waals surface area contributed by atoms with Gasteiger partial charge in [-0.25, -0.2) is 0 Å². The van der Waals surface area contributed by atoms with E-state index in [0.29, 0.717) is 0 Å². The second-order valence-corrected chi connectivity index (χ2v) is 3.76. The van der Waals surface area contributed by atoms with Crippen molar-refractivity contribution >= 4 is 0 Å². The second-order valence-electron chi connectivity index (χ2n) is 3.76. The van der Waals surface area contributed by atoms with Crippen molar-refractivity contribution in [1.29, 1.82) is 0 Å². The fourth-order valence-electron chi connectivity index (χ4n) is 0.948. The third-order valence-corrected chi connectivity index (χ3v) is 2.43. The first-order valence-corrected chi connectivity index (χ1v) is 4.08. The zero-order valence-electron chi connectivity index (χ0n) is 8.10. The highest BCUT2D eigenvalue weighted by atomic mass is 16.4. The first-order valence-electron chi connectivity index (χ1n) is 4.08. The minimum atomic E-state index is -1.96. The van der Waals surface area contributed by atoms with Crippen molar-refractivity contribution in [3.63, 3.8) is 0 Å². The molecule has 5 heteroatoms. The zero-order chi connectivity index (χ0) is 10.9. The first kappa shape index (κ1) is 12.8. The SMILES string of the molecule is C[C@H](O)[C@H](O)[C@@](C)(O)[C@@](C)(O)CO. The van der Waals surface area contributed by atoms with Gasteiger partial charge < -0.3 is 25.5 Å². The number of hydrogen-bond donors (Lipinski definition) is 5. The lowest BCUT2D eigenvalue weighted by Gasteiger charge is -2.41. The zero-order valence-corrected chi connectivity index (χ0v) is 8.10. The molecule has 0 aromatic rings. The maximum absolute atomic E-state index is 9.66. The summed E-state index contributed by atoms with van der Waals surface area (Å²) in [6.07, 6.45) is -2.71. The van der Waals surface area contributed by atoms with Crippen LogP contribution < -0.4 is 0 Å². The number of rotatable bonds is 4. The Morgan fingerprint density at radius 1 is 1.15 bits per heavy atom. The van der Waals surface area contributed by atoms with Crippen LogP contribution in [-0.4, -0.2) is 55.5 Å². The summed E-state index contributed by atoms with van der Waals surface area (Å²) in [6.45, 7) is 2.91. The molecule has 0 saturated carbocycles. The smallest absolute Gasteiger partial charge is 0.121 e. The van der Waals surface area contributed by atoms with Crippen LogP contribution in [0.3, 0.4) is 0 Å². The Morgan fingerprint density at radius 3 is 1.77 bits per heavy atom. The number of hydrogen-bond acceptors (Lipinski definition) is 5. The lowest BCUT2D eigenvalue weighted by molar-refractivity contribution is -0.216. The molecule has 5 N–H and O–H groups in total. The highest BCUT2D eigenvalue weighted by molar-refractivity contribution is 4.99. The largest absolute Gasteiger partial charge is 0.393 e. The average Bonchev–Trinajstić information content (AvgIpc) is 2.02. The molecule has 0 aliphatic rings. The van der Waals surface area contributed by atoms with E-state index in [4.69, 9.17) is 10.2 Å². The van der Waals surface area contributed by atoms with Crippen molar-refractivity contribution in [2.75, 3.05) is 6.61 Å². The van der Waals surface area contributed by atoms with Gasteiger partial charge in [-0.2, -0.15) is 0 Å². The molecular formula is C8H18O5. The molecule has 0 heterocycles. The molecular weight excluding hydrogens is 176 g/mol. The van der Waals surface area contributed by atoms with Crippen molar-refractivity contribution < 1.29 is 25.5 Å². The molecule has 0 aromatic carbocycles. The second kappa shape index (κ2) is 3.89. The Balaban J connectivity index is 4.74. The van der Waals surface area contributed by atoms with Crippen molar-refractivity contribution in [3.05, 3.63) is 0 Å². The summed E-state index contributed by atoms with van der Waals surface area (Å²) in [5.41, 5.74) is -3.82. The Bertz CT molecular complexity index is 164. The summed E-state index contributed by atoms with van der Waals surface area (Å²) in [7, 11) is 0. The van der Waals surface area contributed by atoms with Gasteiger partial charge in [-0.15, -0.1) is 0 Å². The molecule has 0 radical (unpaired) electrons. The molecule has 5 nitrogen and oxygen atoms in total. The van der Waals surface area contributed by atoms with Crippen LogP contribution in [0.4, 0.5) is 0 Å². The van der Waals surface area contributed by atoms with Crippen molar-refractivity contribution in [1.82, 2.24) is 0 Å².